The van der Waals surface area contributed by atoms with Crippen molar-refractivity contribution in [3.8, 4) is 0 Å². The minimum absolute atomic E-state index is 0.0143. The predicted octanol–water partition coefficient (Wildman–Crippen LogP) is 4.46. The largest absolute Gasteiger partial charge is 0.444 e. The Morgan fingerprint density at radius 3 is 2.78 bits per heavy atom. The molecule has 148 valence electrons. The van der Waals surface area contributed by atoms with Crippen molar-refractivity contribution in [3.05, 3.63) is 40.9 Å². The molecule has 1 aliphatic heterocycles. The molecule has 1 aromatic carbocycles. The summed E-state index contributed by atoms with van der Waals surface area (Å²) in [5, 5.41) is 0.646. The van der Waals surface area contributed by atoms with Crippen LogP contribution in [0.4, 0.5) is 4.79 Å². The number of hydrogen-bond acceptors (Lipinski definition) is 3. The number of amides is 2. The van der Waals surface area contributed by atoms with E-state index in [0.717, 1.165) is 24.9 Å². The molecular weight excluding hydrogens is 364 g/mol. The molecule has 2 rings (SSSR count). The summed E-state index contributed by atoms with van der Waals surface area (Å²) in [5.74, 6) is 0.236. The van der Waals surface area contributed by atoms with Crippen LogP contribution in [0.25, 0.3) is 6.08 Å². The van der Waals surface area contributed by atoms with E-state index in [1.807, 2.05) is 43.9 Å². The minimum atomic E-state index is -0.509. The molecule has 1 unspecified atom stereocenters. The van der Waals surface area contributed by atoms with Crippen molar-refractivity contribution in [2.45, 2.75) is 39.2 Å². The summed E-state index contributed by atoms with van der Waals surface area (Å²) in [4.78, 5) is 28.1. The molecule has 2 amide bonds. The first kappa shape index (κ1) is 21.3. The maximum atomic E-state index is 12.5. The Balaban J connectivity index is 1.89. The third-order valence-corrected chi connectivity index (χ3v) is 4.57. The fraction of sp³-hybridized carbons (Fsp3) is 0.524. The molecule has 5 nitrogen and oxygen atoms in total. The van der Waals surface area contributed by atoms with E-state index in [1.54, 1.807) is 30.2 Å². The van der Waals surface area contributed by atoms with Crippen LogP contribution in [0.15, 0.2) is 30.3 Å². The highest BCUT2D eigenvalue weighted by Crippen LogP contribution is 2.19. The van der Waals surface area contributed by atoms with Gasteiger partial charge in [0.05, 0.1) is 0 Å². The number of hydrogen-bond donors (Lipinski definition) is 0. The summed E-state index contributed by atoms with van der Waals surface area (Å²) < 4.78 is 5.40. The Bertz CT molecular complexity index is 697. The molecule has 1 aromatic rings. The summed E-state index contributed by atoms with van der Waals surface area (Å²) in [6.45, 7) is 7.53. The van der Waals surface area contributed by atoms with Gasteiger partial charge in [0.2, 0.25) is 5.91 Å². The molecule has 0 bridgehead atoms. The number of halogens is 1. The normalized spacial score (nSPS) is 17.8. The Hall–Kier alpha value is -2.01. The van der Waals surface area contributed by atoms with Gasteiger partial charge in [-0.05, 0) is 63.3 Å². The van der Waals surface area contributed by atoms with Crippen molar-refractivity contribution in [1.82, 2.24) is 9.80 Å². The molecule has 0 aliphatic carbocycles. The number of likely N-dealkylation sites (tertiary alicyclic amines) is 1. The Morgan fingerprint density at radius 1 is 1.37 bits per heavy atom. The van der Waals surface area contributed by atoms with Crippen LogP contribution in [0, 0.1) is 5.92 Å². The average Bonchev–Trinajstić information content (AvgIpc) is 2.58. The van der Waals surface area contributed by atoms with Crippen LogP contribution in [0.2, 0.25) is 5.02 Å². The van der Waals surface area contributed by atoms with Crippen molar-refractivity contribution in [2.24, 2.45) is 5.92 Å². The number of ether oxygens (including phenoxy) is 1. The first-order valence-electron chi connectivity index (χ1n) is 9.31. The zero-order chi connectivity index (χ0) is 20.0. The first-order chi connectivity index (χ1) is 12.6. The van der Waals surface area contributed by atoms with Crippen molar-refractivity contribution < 1.29 is 14.3 Å². The average molecular weight is 393 g/mol. The lowest BCUT2D eigenvalue weighted by Crippen LogP contribution is -2.44. The Labute approximate surface area is 166 Å². The lowest BCUT2D eigenvalue weighted by Gasteiger charge is -2.34. The number of carbonyl (C=O) groups excluding carboxylic acids is 2. The summed E-state index contributed by atoms with van der Waals surface area (Å²) in [6, 6.07) is 7.39. The smallest absolute Gasteiger partial charge is 0.410 e. The molecule has 0 aromatic heterocycles. The Morgan fingerprint density at radius 2 is 2.11 bits per heavy atom. The van der Waals surface area contributed by atoms with Gasteiger partial charge in [-0.2, -0.15) is 0 Å². The van der Waals surface area contributed by atoms with Crippen LogP contribution in [-0.2, 0) is 9.53 Å². The zero-order valence-electron chi connectivity index (χ0n) is 16.6. The van der Waals surface area contributed by atoms with Crippen molar-refractivity contribution in [2.75, 3.05) is 26.7 Å². The van der Waals surface area contributed by atoms with Crippen LogP contribution < -0.4 is 0 Å². The van der Waals surface area contributed by atoms with Crippen LogP contribution in [0.5, 0.6) is 0 Å². The van der Waals surface area contributed by atoms with Gasteiger partial charge in [0.15, 0.2) is 0 Å². The lowest BCUT2D eigenvalue weighted by molar-refractivity contribution is -0.127. The van der Waals surface area contributed by atoms with Crippen LogP contribution in [0.3, 0.4) is 0 Å². The molecule has 1 saturated heterocycles. The van der Waals surface area contributed by atoms with Crippen molar-refractivity contribution in [1.29, 1.82) is 0 Å². The van der Waals surface area contributed by atoms with E-state index in [1.165, 1.54) is 0 Å². The molecule has 0 spiro atoms. The molecule has 0 radical (unpaired) electrons. The highest BCUT2D eigenvalue weighted by molar-refractivity contribution is 6.30. The second-order valence-electron chi connectivity index (χ2n) is 8.04. The SMILES string of the molecule is CN(CC1CCCN(C(=O)/C=C/c2cccc(Cl)c2)C1)C(=O)OC(C)(C)C. The molecule has 1 atom stereocenters. The topological polar surface area (TPSA) is 49.9 Å². The van der Waals surface area contributed by atoms with Crippen molar-refractivity contribution >= 4 is 29.7 Å². The highest BCUT2D eigenvalue weighted by atomic mass is 35.5. The van der Waals surface area contributed by atoms with E-state index in [-0.39, 0.29) is 17.9 Å². The molecule has 1 heterocycles. The molecule has 0 saturated carbocycles. The summed E-state index contributed by atoms with van der Waals surface area (Å²) in [6.07, 6.45) is 4.97. The van der Waals surface area contributed by atoms with Gasteiger partial charge >= 0.3 is 6.09 Å². The highest BCUT2D eigenvalue weighted by Gasteiger charge is 2.26. The number of rotatable bonds is 4. The van der Waals surface area contributed by atoms with Gasteiger partial charge in [0.25, 0.3) is 0 Å². The molecular formula is C21H29ClN2O3. The summed E-state index contributed by atoms with van der Waals surface area (Å²) in [7, 11) is 1.74. The van der Waals surface area contributed by atoms with Crippen LogP contribution >= 0.6 is 11.6 Å². The fourth-order valence-corrected chi connectivity index (χ4v) is 3.30. The molecule has 1 aliphatic rings. The monoisotopic (exact) mass is 392 g/mol. The van der Waals surface area contributed by atoms with E-state index in [9.17, 15) is 9.59 Å². The van der Waals surface area contributed by atoms with E-state index in [4.69, 9.17) is 16.3 Å². The lowest BCUT2D eigenvalue weighted by atomic mass is 9.97. The van der Waals surface area contributed by atoms with Gasteiger partial charge in [-0.3, -0.25) is 4.79 Å². The number of piperidine rings is 1. The van der Waals surface area contributed by atoms with Crippen LogP contribution in [0.1, 0.15) is 39.2 Å². The van der Waals surface area contributed by atoms with E-state index in [0.29, 0.717) is 18.1 Å². The summed E-state index contributed by atoms with van der Waals surface area (Å²) >= 11 is 5.97. The quantitative estimate of drug-likeness (QED) is 0.711. The predicted molar refractivity (Wildman–Crippen MR) is 109 cm³/mol. The van der Waals surface area contributed by atoms with E-state index >= 15 is 0 Å². The third kappa shape index (κ3) is 7.25. The Kier molecular flexibility index (Phi) is 7.31. The molecule has 0 N–H and O–H groups in total. The standard InChI is InChI=1S/C21H29ClN2O3/c1-21(2,3)27-20(26)23(4)14-17-8-6-12-24(15-17)19(25)11-10-16-7-5-9-18(22)13-16/h5,7,9-11,13,17H,6,8,12,14-15H2,1-4H3/b11-10+. The van der Waals surface area contributed by atoms with Gasteiger partial charge in [-0.25, -0.2) is 4.79 Å². The van der Waals surface area contributed by atoms with Gasteiger partial charge in [-0.1, -0.05) is 23.7 Å². The van der Waals surface area contributed by atoms with E-state index < -0.39 is 5.60 Å². The zero-order valence-corrected chi connectivity index (χ0v) is 17.3. The fourth-order valence-electron chi connectivity index (χ4n) is 3.10. The second-order valence-corrected chi connectivity index (χ2v) is 8.48. The first-order valence-corrected chi connectivity index (χ1v) is 9.68. The van der Waals surface area contributed by atoms with Gasteiger partial charge in [0.1, 0.15) is 5.60 Å². The summed E-state index contributed by atoms with van der Waals surface area (Å²) in [5.41, 5.74) is 0.388. The maximum absolute atomic E-state index is 12.5. The number of benzene rings is 1. The van der Waals surface area contributed by atoms with Gasteiger partial charge in [-0.15, -0.1) is 0 Å². The molecule has 6 heteroatoms. The third-order valence-electron chi connectivity index (χ3n) is 4.33. The minimum Gasteiger partial charge on any atom is -0.444 e. The number of carbonyl (C=O) groups is 2. The molecule has 27 heavy (non-hydrogen) atoms. The van der Waals surface area contributed by atoms with Gasteiger partial charge in [0, 0.05) is 37.8 Å². The maximum Gasteiger partial charge on any atom is 0.410 e. The number of nitrogens with zero attached hydrogens (tertiary/aromatic N) is 2. The van der Waals surface area contributed by atoms with E-state index in [2.05, 4.69) is 0 Å². The van der Waals surface area contributed by atoms with Gasteiger partial charge < -0.3 is 14.5 Å². The second kappa shape index (κ2) is 9.27. The van der Waals surface area contributed by atoms with Crippen molar-refractivity contribution in [3.63, 3.8) is 0 Å². The van der Waals surface area contributed by atoms with Crippen LogP contribution in [-0.4, -0.2) is 54.1 Å². The molecule has 1 fully saturated rings.